The minimum atomic E-state index is -4.88. The summed E-state index contributed by atoms with van der Waals surface area (Å²) < 4.78 is 40.7. The minimum absolute atomic E-state index is 0.153. The van der Waals surface area contributed by atoms with Gasteiger partial charge in [0.15, 0.2) is 5.75 Å². The van der Waals surface area contributed by atoms with Crippen molar-refractivity contribution in [3.05, 3.63) is 24.3 Å². The summed E-state index contributed by atoms with van der Waals surface area (Å²) in [7, 11) is 0. The molecule has 0 unspecified atom stereocenters. The molecule has 0 saturated carbocycles. The lowest BCUT2D eigenvalue weighted by atomic mass is 10.1. The molecule has 0 aliphatic heterocycles. The molecule has 0 radical (unpaired) electrons. The van der Waals surface area contributed by atoms with Gasteiger partial charge in [-0.2, -0.15) is 0 Å². The number of hydrogen-bond acceptors (Lipinski definition) is 2. The van der Waals surface area contributed by atoms with Crippen LogP contribution in [0.5, 0.6) is 5.75 Å². The number of para-hydroxylation sites is 2. The van der Waals surface area contributed by atoms with E-state index in [1.165, 1.54) is 18.2 Å². The molecule has 0 heterocycles. The summed E-state index contributed by atoms with van der Waals surface area (Å²) in [5, 5.41) is 9.17. The summed E-state index contributed by atoms with van der Waals surface area (Å²) >= 11 is 0. The maximum Gasteiger partial charge on any atom is 0.573 e. The van der Waals surface area contributed by atoms with Crippen molar-refractivity contribution in [2.45, 2.75) is 32.7 Å². The van der Waals surface area contributed by atoms with Crippen LogP contribution in [0, 0.1) is 0 Å². The highest BCUT2D eigenvalue weighted by molar-refractivity contribution is 5.89. The highest BCUT2D eigenvalue weighted by Gasteiger charge is 2.35. The third-order valence-electron chi connectivity index (χ3n) is 2.19. The number of hydrogen-bond donors (Lipinski definition) is 1. The predicted molar refractivity (Wildman–Crippen MR) is 63.4 cm³/mol. The molecule has 7 heteroatoms. The highest BCUT2D eigenvalue weighted by atomic mass is 19.4. The molecule has 1 N–H and O–H groups in total. The Kier molecular flexibility index (Phi) is 3.97. The van der Waals surface area contributed by atoms with Crippen molar-refractivity contribution < 1.29 is 27.8 Å². The Morgan fingerprint density at radius 3 is 2.16 bits per heavy atom. The van der Waals surface area contributed by atoms with Crippen LogP contribution < -0.4 is 9.64 Å². The van der Waals surface area contributed by atoms with Gasteiger partial charge in [-0.15, -0.1) is 13.2 Å². The van der Waals surface area contributed by atoms with Gasteiger partial charge in [0.2, 0.25) is 0 Å². The van der Waals surface area contributed by atoms with Gasteiger partial charge in [0.25, 0.3) is 0 Å². The fourth-order valence-electron chi connectivity index (χ4n) is 1.60. The van der Waals surface area contributed by atoms with Gasteiger partial charge in [-0.05, 0) is 32.9 Å². The lowest BCUT2D eigenvalue weighted by molar-refractivity contribution is -0.274. The molecule has 1 aromatic rings. The molecule has 1 amide bonds. The standard InChI is InChI=1S/C12H14F3NO3/c1-11(2,3)16(10(17)18)8-6-4-5-7-9(8)19-12(13,14)15/h4-7H,1-3H3,(H,17,18). The highest BCUT2D eigenvalue weighted by Crippen LogP contribution is 2.36. The van der Waals surface area contributed by atoms with E-state index >= 15 is 0 Å². The number of carboxylic acid groups (broad SMARTS) is 1. The first-order chi connectivity index (χ1) is 8.52. The zero-order chi connectivity index (χ0) is 14.8. The molecule has 4 nitrogen and oxygen atoms in total. The van der Waals surface area contributed by atoms with Gasteiger partial charge < -0.3 is 9.84 Å². The van der Waals surface area contributed by atoms with E-state index in [1.54, 1.807) is 20.8 Å². The van der Waals surface area contributed by atoms with Gasteiger partial charge in [0, 0.05) is 5.54 Å². The zero-order valence-electron chi connectivity index (χ0n) is 10.7. The normalized spacial score (nSPS) is 12.1. The first-order valence-electron chi connectivity index (χ1n) is 5.40. The largest absolute Gasteiger partial charge is 0.573 e. The van der Waals surface area contributed by atoms with Gasteiger partial charge >= 0.3 is 12.5 Å². The number of benzene rings is 1. The Balaban J connectivity index is 3.28. The molecule has 1 aromatic carbocycles. The third kappa shape index (κ3) is 4.04. The van der Waals surface area contributed by atoms with Crippen molar-refractivity contribution >= 4 is 11.8 Å². The molecule has 0 spiro atoms. The second-order valence-corrected chi connectivity index (χ2v) is 4.80. The molecular formula is C12H14F3NO3. The van der Waals surface area contributed by atoms with Crippen LogP contribution in [0.1, 0.15) is 20.8 Å². The van der Waals surface area contributed by atoms with E-state index in [0.717, 1.165) is 11.0 Å². The summed E-state index contributed by atoms with van der Waals surface area (Å²) in [4.78, 5) is 12.1. The topological polar surface area (TPSA) is 49.8 Å². The Morgan fingerprint density at radius 2 is 1.74 bits per heavy atom. The first kappa shape index (κ1) is 15.1. The second-order valence-electron chi connectivity index (χ2n) is 4.80. The quantitative estimate of drug-likeness (QED) is 0.892. The van der Waals surface area contributed by atoms with Crippen molar-refractivity contribution in [2.75, 3.05) is 4.90 Å². The first-order valence-corrected chi connectivity index (χ1v) is 5.40. The van der Waals surface area contributed by atoms with Crippen molar-refractivity contribution in [1.82, 2.24) is 0 Å². The number of ether oxygens (including phenoxy) is 1. The molecule has 0 aliphatic carbocycles. The molecule has 0 saturated heterocycles. The van der Waals surface area contributed by atoms with E-state index in [1.807, 2.05) is 0 Å². The van der Waals surface area contributed by atoms with Crippen molar-refractivity contribution in [1.29, 1.82) is 0 Å². The summed E-state index contributed by atoms with van der Waals surface area (Å²) in [5.74, 6) is -0.549. The molecule has 106 valence electrons. The molecule has 0 aromatic heterocycles. The Morgan fingerprint density at radius 1 is 1.21 bits per heavy atom. The number of carbonyl (C=O) groups is 1. The number of amides is 1. The van der Waals surface area contributed by atoms with Gasteiger partial charge in [0.05, 0.1) is 5.69 Å². The molecule has 0 atom stereocenters. The fourth-order valence-corrected chi connectivity index (χ4v) is 1.60. The minimum Gasteiger partial charge on any atom is -0.465 e. The SMILES string of the molecule is CC(C)(C)N(C(=O)O)c1ccccc1OC(F)(F)F. The van der Waals surface area contributed by atoms with E-state index in [0.29, 0.717) is 0 Å². The van der Waals surface area contributed by atoms with Crippen molar-refractivity contribution in [3.63, 3.8) is 0 Å². The van der Waals surface area contributed by atoms with Gasteiger partial charge in [0.1, 0.15) is 0 Å². The molecular weight excluding hydrogens is 263 g/mol. The van der Waals surface area contributed by atoms with Crippen LogP contribution in [0.2, 0.25) is 0 Å². The van der Waals surface area contributed by atoms with Gasteiger partial charge in [-0.25, -0.2) is 4.79 Å². The van der Waals surface area contributed by atoms with Gasteiger partial charge in [-0.1, -0.05) is 12.1 Å². The molecule has 19 heavy (non-hydrogen) atoms. The summed E-state index contributed by atoms with van der Waals surface area (Å²) in [5.41, 5.74) is -1.06. The number of nitrogens with zero attached hydrogens (tertiary/aromatic N) is 1. The van der Waals surface area contributed by atoms with Gasteiger partial charge in [-0.3, -0.25) is 4.90 Å². The average Bonchev–Trinajstić information content (AvgIpc) is 2.15. The van der Waals surface area contributed by atoms with Crippen LogP contribution >= 0.6 is 0 Å². The van der Waals surface area contributed by atoms with Crippen molar-refractivity contribution in [3.8, 4) is 5.75 Å². The monoisotopic (exact) mass is 277 g/mol. The molecule has 0 fully saturated rings. The maximum absolute atomic E-state index is 12.3. The third-order valence-corrected chi connectivity index (χ3v) is 2.19. The molecule has 0 bridgehead atoms. The number of anilines is 1. The van der Waals surface area contributed by atoms with Crippen LogP contribution in [0.25, 0.3) is 0 Å². The van der Waals surface area contributed by atoms with Crippen LogP contribution in [0.15, 0.2) is 24.3 Å². The van der Waals surface area contributed by atoms with E-state index in [-0.39, 0.29) is 5.69 Å². The molecule has 1 rings (SSSR count). The number of rotatable bonds is 2. The summed E-state index contributed by atoms with van der Waals surface area (Å²) in [6.07, 6.45) is -6.23. The number of halogens is 3. The average molecular weight is 277 g/mol. The van der Waals surface area contributed by atoms with Crippen LogP contribution in [-0.2, 0) is 0 Å². The lowest BCUT2D eigenvalue weighted by Crippen LogP contribution is -2.45. The second kappa shape index (κ2) is 4.99. The summed E-state index contributed by atoms with van der Waals surface area (Å²) in [6, 6.07) is 5.12. The Hall–Kier alpha value is -1.92. The smallest absolute Gasteiger partial charge is 0.465 e. The Bertz CT molecular complexity index is 466. The molecule has 0 aliphatic rings. The van der Waals surface area contributed by atoms with E-state index in [9.17, 15) is 23.1 Å². The van der Waals surface area contributed by atoms with Crippen LogP contribution in [-0.4, -0.2) is 23.1 Å². The van der Waals surface area contributed by atoms with E-state index in [2.05, 4.69) is 4.74 Å². The number of alkyl halides is 3. The zero-order valence-corrected chi connectivity index (χ0v) is 10.7. The van der Waals surface area contributed by atoms with E-state index < -0.39 is 23.7 Å². The van der Waals surface area contributed by atoms with Crippen LogP contribution in [0.4, 0.5) is 23.7 Å². The van der Waals surface area contributed by atoms with E-state index in [4.69, 9.17) is 0 Å². The fraction of sp³-hybridized carbons (Fsp3) is 0.417. The Labute approximate surface area is 108 Å². The maximum atomic E-state index is 12.3. The summed E-state index contributed by atoms with van der Waals surface area (Å²) in [6.45, 7) is 4.72. The lowest BCUT2D eigenvalue weighted by Gasteiger charge is -2.34. The van der Waals surface area contributed by atoms with Crippen LogP contribution in [0.3, 0.4) is 0 Å². The van der Waals surface area contributed by atoms with Crippen molar-refractivity contribution in [2.24, 2.45) is 0 Å². The predicted octanol–water partition coefficient (Wildman–Crippen LogP) is 3.87.